The van der Waals surface area contributed by atoms with E-state index in [4.69, 9.17) is 23.2 Å². The van der Waals surface area contributed by atoms with E-state index in [9.17, 15) is 0 Å². The summed E-state index contributed by atoms with van der Waals surface area (Å²) in [4.78, 5) is 4.20. The molecule has 2 heterocycles. The second-order valence-corrected chi connectivity index (χ2v) is 7.59. The summed E-state index contributed by atoms with van der Waals surface area (Å²) < 4.78 is 2.00. The standard InChI is InChI=1S/C20H14Cl2N4S/c21-16-8-6-14(7-9-16)13-27-20-25-24-19(15-3-2-10-23-12-15)26(20)18-5-1-4-17(22)11-18/h1-12H,13H2. The van der Waals surface area contributed by atoms with E-state index in [2.05, 4.69) is 15.2 Å². The maximum Gasteiger partial charge on any atom is 0.196 e. The minimum Gasteiger partial charge on any atom is -0.270 e. The van der Waals surface area contributed by atoms with Crippen molar-refractivity contribution in [2.75, 3.05) is 0 Å². The van der Waals surface area contributed by atoms with Crippen LogP contribution in [0.25, 0.3) is 17.1 Å². The summed E-state index contributed by atoms with van der Waals surface area (Å²) in [5, 5.41) is 11.0. The lowest BCUT2D eigenvalue weighted by molar-refractivity contribution is 0.886. The predicted octanol–water partition coefficient (Wildman–Crippen LogP) is 5.93. The van der Waals surface area contributed by atoms with Crippen LogP contribution in [0.2, 0.25) is 10.0 Å². The molecule has 27 heavy (non-hydrogen) atoms. The van der Waals surface area contributed by atoms with Crippen molar-refractivity contribution in [1.82, 2.24) is 19.7 Å². The van der Waals surface area contributed by atoms with Crippen LogP contribution in [-0.2, 0) is 5.75 Å². The van der Waals surface area contributed by atoms with Crippen LogP contribution in [0.5, 0.6) is 0 Å². The van der Waals surface area contributed by atoms with E-state index >= 15 is 0 Å². The van der Waals surface area contributed by atoms with Gasteiger partial charge in [0.05, 0.1) is 5.69 Å². The van der Waals surface area contributed by atoms with Gasteiger partial charge in [0.25, 0.3) is 0 Å². The molecule has 2 aromatic carbocycles. The average Bonchev–Trinajstić information content (AvgIpc) is 3.12. The Hall–Kier alpha value is -2.34. The van der Waals surface area contributed by atoms with Crippen molar-refractivity contribution in [3.8, 4) is 17.1 Å². The Bertz CT molecular complexity index is 1050. The van der Waals surface area contributed by atoms with Gasteiger partial charge in [-0.25, -0.2) is 0 Å². The van der Waals surface area contributed by atoms with Gasteiger partial charge >= 0.3 is 0 Å². The Balaban J connectivity index is 1.73. The summed E-state index contributed by atoms with van der Waals surface area (Å²) in [5.41, 5.74) is 2.96. The van der Waals surface area contributed by atoms with Gasteiger partial charge in [-0.2, -0.15) is 0 Å². The average molecular weight is 413 g/mol. The van der Waals surface area contributed by atoms with Crippen LogP contribution < -0.4 is 0 Å². The van der Waals surface area contributed by atoms with Crippen LogP contribution in [0.15, 0.2) is 78.2 Å². The minimum absolute atomic E-state index is 0.659. The third-order valence-corrected chi connectivity index (χ3v) is 5.39. The molecule has 0 saturated carbocycles. The molecule has 0 aliphatic carbocycles. The van der Waals surface area contributed by atoms with Crippen molar-refractivity contribution in [2.45, 2.75) is 10.9 Å². The fourth-order valence-corrected chi connectivity index (χ4v) is 3.84. The highest BCUT2D eigenvalue weighted by atomic mass is 35.5. The highest BCUT2D eigenvalue weighted by molar-refractivity contribution is 7.98. The molecule has 7 heteroatoms. The maximum absolute atomic E-state index is 6.21. The fraction of sp³-hybridized carbons (Fsp3) is 0.0500. The van der Waals surface area contributed by atoms with Crippen LogP contribution >= 0.6 is 35.0 Å². The third kappa shape index (κ3) is 4.16. The van der Waals surface area contributed by atoms with Gasteiger partial charge in [-0.3, -0.25) is 9.55 Å². The summed E-state index contributed by atoms with van der Waals surface area (Å²) in [5.74, 6) is 1.48. The molecule has 0 aliphatic heterocycles. The number of halogens is 2. The van der Waals surface area contributed by atoms with Gasteiger partial charge in [-0.05, 0) is 48.0 Å². The molecule has 2 aromatic heterocycles. The van der Waals surface area contributed by atoms with E-state index in [1.807, 2.05) is 65.2 Å². The number of rotatable bonds is 5. The van der Waals surface area contributed by atoms with Crippen molar-refractivity contribution in [3.05, 3.63) is 88.7 Å². The first-order chi connectivity index (χ1) is 13.2. The van der Waals surface area contributed by atoms with Crippen molar-refractivity contribution in [3.63, 3.8) is 0 Å². The number of aromatic nitrogens is 4. The molecule has 0 amide bonds. The molecule has 0 unspecified atom stereocenters. The molecule has 134 valence electrons. The molecule has 4 nitrogen and oxygen atoms in total. The molecule has 0 atom stereocenters. The summed E-state index contributed by atoms with van der Waals surface area (Å²) in [7, 11) is 0. The summed E-state index contributed by atoms with van der Waals surface area (Å²) in [6, 6.07) is 19.3. The van der Waals surface area contributed by atoms with E-state index in [1.165, 1.54) is 0 Å². The lowest BCUT2D eigenvalue weighted by Crippen LogP contribution is -2.00. The van der Waals surface area contributed by atoms with Crippen LogP contribution in [0.1, 0.15) is 5.56 Å². The predicted molar refractivity (Wildman–Crippen MR) is 111 cm³/mol. The molecular formula is C20H14Cl2N4S. The normalized spacial score (nSPS) is 10.9. The van der Waals surface area contributed by atoms with Crippen molar-refractivity contribution in [2.24, 2.45) is 0 Å². The molecule has 0 bridgehead atoms. The van der Waals surface area contributed by atoms with Gasteiger partial charge in [0.15, 0.2) is 11.0 Å². The van der Waals surface area contributed by atoms with Crippen LogP contribution in [0.4, 0.5) is 0 Å². The van der Waals surface area contributed by atoms with Crippen LogP contribution in [-0.4, -0.2) is 19.7 Å². The Morgan fingerprint density at radius 3 is 2.48 bits per heavy atom. The zero-order chi connectivity index (χ0) is 18.6. The summed E-state index contributed by atoms with van der Waals surface area (Å²) in [6.07, 6.45) is 3.51. The van der Waals surface area contributed by atoms with Gasteiger partial charge in [0, 0.05) is 33.8 Å². The van der Waals surface area contributed by atoms with Gasteiger partial charge < -0.3 is 0 Å². The largest absolute Gasteiger partial charge is 0.270 e. The Kier molecular flexibility index (Phi) is 5.43. The van der Waals surface area contributed by atoms with Crippen LogP contribution in [0, 0.1) is 0 Å². The highest BCUT2D eigenvalue weighted by Crippen LogP contribution is 2.30. The van der Waals surface area contributed by atoms with Crippen molar-refractivity contribution >= 4 is 35.0 Å². The van der Waals surface area contributed by atoms with E-state index < -0.39 is 0 Å². The zero-order valence-electron chi connectivity index (χ0n) is 14.1. The Morgan fingerprint density at radius 2 is 1.74 bits per heavy atom. The zero-order valence-corrected chi connectivity index (χ0v) is 16.4. The Labute approximate surface area is 171 Å². The number of nitrogens with zero attached hydrogens (tertiary/aromatic N) is 4. The molecule has 4 aromatic rings. The van der Waals surface area contributed by atoms with E-state index in [1.54, 1.807) is 24.2 Å². The molecule has 0 radical (unpaired) electrons. The van der Waals surface area contributed by atoms with Gasteiger partial charge in [0.2, 0.25) is 0 Å². The molecule has 0 fully saturated rings. The first kappa shape index (κ1) is 18.0. The van der Waals surface area contributed by atoms with Gasteiger partial charge in [-0.1, -0.05) is 53.2 Å². The first-order valence-electron chi connectivity index (χ1n) is 8.20. The molecule has 0 aliphatic rings. The molecular weight excluding hydrogens is 399 g/mol. The minimum atomic E-state index is 0.659. The van der Waals surface area contributed by atoms with Crippen molar-refractivity contribution < 1.29 is 0 Å². The fourth-order valence-electron chi connectivity index (χ4n) is 2.62. The lowest BCUT2D eigenvalue weighted by Gasteiger charge is -2.10. The number of pyridine rings is 1. The number of benzene rings is 2. The van der Waals surface area contributed by atoms with Gasteiger partial charge in [-0.15, -0.1) is 10.2 Å². The van der Waals surface area contributed by atoms with E-state index in [0.29, 0.717) is 5.02 Å². The molecule has 0 spiro atoms. The van der Waals surface area contributed by atoms with E-state index in [0.717, 1.165) is 38.6 Å². The molecule has 0 saturated heterocycles. The second kappa shape index (κ2) is 8.13. The SMILES string of the molecule is Clc1ccc(CSc2nnc(-c3cccnc3)n2-c2cccc(Cl)c2)cc1. The topological polar surface area (TPSA) is 43.6 Å². The number of hydrogen-bond donors (Lipinski definition) is 0. The lowest BCUT2D eigenvalue weighted by atomic mass is 10.2. The Morgan fingerprint density at radius 1 is 0.889 bits per heavy atom. The maximum atomic E-state index is 6.21. The number of thioether (sulfide) groups is 1. The number of hydrogen-bond acceptors (Lipinski definition) is 4. The third-order valence-electron chi connectivity index (χ3n) is 3.90. The first-order valence-corrected chi connectivity index (χ1v) is 9.94. The quantitative estimate of drug-likeness (QED) is 0.381. The highest BCUT2D eigenvalue weighted by Gasteiger charge is 2.16. The van der Waals surface area contributed by atoms with Gasteiger partial charge in [0.1, 0.15) is 0 Å². The molecule has 0 N–H and O–H groups in total. The van der Waals surface area contributed by atoms with Crippen LogP contribution in [0.3, 0.4) is 0 Å². The second-order valence-electron chi connectivity index (χ2n) is 5.78. The monoisotopic (exact) mass is 412 g/mol. The summed E-state index contributed by atoms with van der Waals surface area (Å²) in [6.45, 7) is 0. The smallest absolute Gasteiger partial charge is 0.196 e. The molecule has 4 rings (SSSR count). The summed E-state index contributed by atoms with van der Waals surface area (Å²) >= 11 is 13.8. The van der Waals surface area contributed by atoms with Crippen molar-refractivity contribution in [1.29, 1.82) is 0 Å². The van der Waals surface area contributed by atoms with E-state index in [-0.39, 0.29) is 0 Å².